The summed E-state index contributed by atoms with van der Waals surface area (Å²) in [5.74, 6) is 0.578. The SMILES string of the molecule is CN(Cc1ccccc1N1CCOCC1)C(=O)[C@H]1CC12CCNCC2. The Morgan fingerprint density at radius 2 is 2.00 bits per heavy atom. The average molecular weight is 343 g/mol. The van der Waals surface area contributed by atoms with E-state index in [9.17, 15) is 4.79 Å². The maximum atomic E-state index is 12.9. The molecule has 1 atom stereocenters. The van der Waals surface area contributed by atoms with Crippen molar-refractivity contribution in [1.82, 2.24) is 10.2 Å². The zero-order valence-electron chi connectivity index (χ0n) is 15.2. The molecule has 1 aliphatic carbocycles. The number of hydrogen-bond acceptors (Lipinski definition) is 4. The van der Waals surface area contributed by atoms with E-state index in [1.54, 1.807) is 0 Å². The van der Waals surface area contributed by atoms with Gasteiger partial charge in [0, 0.05) is 38.3 Å². The second-order valence-corrected chi connectivity index (χ2v) is 7.79. The number of carbonyl (C=O) groups is 1. The van der Waals surface area contributed by atoms with Crippen LogP contribution in [0.4, 0.5) is 5.69 Å². The number of anilines is 1. The van der Waals surface area contributed by atoms with Crippen molar-refractivity contribution < 1.29 is 9.53 Å². The fraction of sp³-hybridized carbons (Fsp3) is 0.650. The van der Waals surface area contributed by atoms with Gasteiger partial charge < -0.3 is 19.9 Å². The first-order valence-corrected chi connectivity index (χ1v) is 9.56. The van der Waals surface area contributed by atoms with Gasteiger partial charge in [-0.05, 0) is 49.4 Å². The van der Waals surface area contributed by atoms with Gasteiger partial charge in [-0.15, -0.1) is 0 Å². The van der Waals surface area contributed by atoms with Crippen molar-refractivity contribution in [3.8, 4) is 0 Å². The van der Waals surface area contributed by atoms with Crippen molar-refractivity contribution in [2.75, 3.05) is 51.3 Å². The maximum Gasteiger partial charge on any atom is 0.226 e. The van der Waals surface area contributed by atoms with E-state index in [0.717, 1.165) is 58.7 Å². The molecule has 2 saturated heterocycles. The number of para-hydroxylation sites is 1. The molecule has 0 unspecified atom stereocenters. The monoisotopic (exact) mass is 343 g/mol. The van der Waals surface area contributed by atoms with Gasteiger partial charge in [-0.25, -0.2) is 0 Å². The van der Waals surface area contributed by atoms with Crippen LogP contribution in [0.5, 0.6) is 0 Å². The van der Waals surface area contributed by atoms with E-state index in [-0.39, 0.29) is 5.92 Å². The highest BCUT2D eigenvalue weighted by atomic mass is 16.5. The molecule has 2 heterocycles. The lowest BCUT2D eigenvalue weighted by Crippen LogP contribution is -2.38. The van der Waals surface area contributed by atoms with Crippen molar-refractivity contribution in [1.29, 1.82) is 0 Å². The summed E-state index contributed by atoms with van der Waals surface area (Å²) in [5, 5.41) is 3.41. The number of piperidine rings is 1. The molecular formula is C20H29N3O2. The van der Waals surface area contributed by atoms with Crippen LogP contribution < -0.4 is 10.2 Å². The summed E-state index contributed by atoms with van der Waals surface area (Å²) < 4.78 is 5.47. The molecule has 25 heavy (non-hydrogen) atoms. The zero-order chi connectivity index (χ0) is 17.3. The van der Waals surface area contributed by atoms with E-state index in [1.807, 2.05) is 11.9 Å². The molecule has 0 aromatic heterocycles. The lowest BCUT2D eigenvalue weighted by atomic mass is 9.91. The van der Waals surface area contributed by atoms with Gasteiger partial charge in [-0.3, -0.25) is 4.79 Å². The number of nitrogens with zero attached hydrogens (tertiary/aromatic N) is 2. The summed E-state index contributed by atoms with van der Waals surface area (Å²) in [7, 11) is 1.96. The van der Waals surface area contributed by atoms with Crippen molar-refractivity contribution in [2.24, 2.45) is 11.3 Å². The minimum atomic E-state index is 0.246. The molecule has 1 N–H and O–H groups in total. The summed E-state index contributed by atoms with van der Waals surface area (Å²) >= 11 is 0. The van der Waals surface area contributed by atoms with Crippen molar-refractivity contribution >= 4 is 11.6 Å². The molecule has 2 aliphatic heterocycles. The van der Waals surface area contributed by atoms with Crippen molar-refractivity contribution in [2.45, 2.75) is 25.8 Å². The quantitative estimate of drug-likeness (QED) is 0.907. The standard InChI is InChI=1S/C20H29N3O2/c1-22(19(24)17-14-20(17)6-8-21-9-7-20)15-16-4-2-3-5-18(16)23-10-12-25-13-11-23/h2-5,17,21H,6-15H2,1H3/t17-/m1/s1. The minimum absolute atomic E-state index is 0.246. The van der Waals surface area contributed by atoms with E-state index < -0.39 is 0 Å². The molecule has 1 aromatic rings. The molecule has 136 valence electrons. The Morgan fingerprint density at radius 3 is 2.76 bits per heavy atom. The van der Waals surface area contributed by atoms with Crippen molar-refractivity contribution in [3.05, 3.63) is 29.8 Å². The van der Waals surface area contributed by atoms with Gasteiger partial charge in [0.2, 0.25) is 5.91 Å². The first kappa shape index (κ1) is 16.9. The summed E-state index contributed by atoms with van der Waals surface area (Å²) in [6.07, 6.45) is 3.40. The third-order valence-corrected chi connectivity index (χ3v) is 6.21. The predicted octanol–water partition coefficient (Wildman–Crippen LogP) is 1.87. The molecular weight excluding hydrogens is 314 g/mol. The summed E-state index contributed by atoms with van der Waals surface area (Å²) in [6.45, 7) is 6.22. The van der Waals surface area contributed by atoms with Gasteiger partial charge in [0.05, 0.1) is 13.2 Å². The summed E-state index contributed by atoms with van der Waals surface area (Å²) in [4.78, 5) is 17.3. The third kappa shape index (κ3) is 3.40. The molecule has 1 aromatic carbocycles. The number of morpholine rings is 1. The lowest BCUT2D eigenvalue weighted by molar-refractivity contribution is -0.132. The van der Waals surface area contributed by atoms with E-state index >= 15 is 0 Å². The Hall–Kier alpha value is -1.59. The van der Waals surface area contributed by atoms with Crippen LogP contribution in [0.3, 0.4) is 0 Å². The second kappa shape index (κ2) is 6.96. The molecule has 1 spiro atoms. The third-order valence-electron chi connectivity index (χ3n) is 6.21. The van der Waals surface area contributed by atoms with E-state index in [2.05, 4.69) is 34.5 Å². The molecule has 3 fully saturated rings. The van der Waals surface area contributed by atoms with Gasteiger partial charge in [0.15, 0.2) is 0 Å². The topological polar surface area (TPSA) is 44.8 Å². The molecule has 3 aliphatic rings. The van der Waals surface area contributed by atoms with Gasteiger partial charge in [0.1, 0.15) is 0 Å². The number of carbonyl (C=O) groups excluding carboxylic acids is 1. The Labute approximate surface area is 150 Å². The number of benzene rings is 1. The van der Waals surface area contributed by atoms with Gasteiger partial charge in [-0.1, -0.05) is 18.2 Å². The first-order chi connectivity index (χ1) is 12.2. The average Bonchev–Trinajstić information content (AvgIpc) is 3.35. The number of nitrogens with one attached hydrogen (secondary N) is 1. The number of hydrogen-bond donors (Lipinski definition) is 1. The summed E-state index contributed by atoms with van der Waals surface area (Å²) in [5.41, 5.74) is 2.79. The van der Waals surface area contributed by atoms with Crippen molar-refractivity contribution in [3.63, 3.8) is 0 Å². The summed E-state index contributed by atoms with van der Waals surface area (Å²) in [6, 6.07) is 8.48. The molecule has 5 nitrogen and oxygen atoms in total. The largest absolute Gasteiger partial charge is 0.378 e. The highest BCUT2D eigenvalue weighted by Gasteiger charge is 2.58. The Balaban J connectivity index is 1.42. The van der Waals surface area contributed by atoms with Gasteiger partial charge in [-0.2, -0.15) is 0 Å². The molecule has 1 amide bonds. The zero-order valence-corrected chi connectivity index (χ0v) is 15.2. The van der Waals surface area contributed by atoms with Crippen LogP contribution >= 0.6 is 0 Å². The van der Waals surface area contributed by atoms with Crippen LogP contribution in [-0.2, 0) is 16.1 Å². The molecule has 0 radical (unpaired) electrons. The van der Waals surface area contributed by atoms with E-state index in [0.29, 0.717) is 17.9 Å². The number of amides is 1. The molecule has 4 rings (SSSR count). The molecule has 1 saturated carbocycles. The van der Waals surface area contributed by atoms with Gasteiger partial charge in [0.25, 0.3) is 0 Å². The lowest BCUT2D eigenvalue weighted by Gasteiger charge is -2.31. The second-order valence-electron chi connectivity index (χ2n) is 7.79. The Bertz CT molecular complexity index is 621. The maximum absolute atomic E-state index is 12.9. The van der Waals surface area contributed by atoms with E-state index in [1.165, 1.54) is 11.3 Å². The Morgan fingerprint density at radius 1 is 1.28 bits per heavy atom. The van der Waals surface area contributed by atoms with Crippen LogP contribution in [0.1, 0.15) is 24.8 Å². The highest BCUT2D eigenvalue weighted by Crippen LogP contribution is 2.59. The molecule has 5 heteroatoms. The fourth-order valence-corrected chi connectivity index (χ4v) is 4.53. The smallest absolute Gasteiger partial charge is 0.226 e. The highest BCUT2D eigenvalue weighted by molar-refractivity contribution is 5.82. The fourth-order valence-electron chi connectivity index (χ4n) is 4.53. The minimum Gasteiger partial charge on any atom is -0.378 e. The van der Waals surface area contributed by atoms with Gasteiger partial charge >= 0.3 is 0 Å². The van der Waals surface area contributed by atoms with Crippen LogP contribution in [-0.4, -0.2) is 57.2 Å². The number of rotatable bonds is 4. The van der Waals surface area contributed by atoms with Crippen LogP contribution in [0.2, 0.25) is 0 Å². The Kier molecular flexibility index (Phi) is 4.69. The van der Waals surface area contributed by atoms with Crippen LogP contribution in [0.15, 0.2) is 24.3 Å². The van der Waals surface area contributed by atoms with Crippen LogP contribution in [0.25, 0.3) is 0 Å². The van der Waals surface area contributed by atoms with E-state index in [4.69, 9.17) is 4.74 Å². The van der Waals surface area contributed by atoms with Crippen LogP contribution in [0, 0.1) is 11.3 Å². The molecule has 0 bridgehead atoms. The first-order valence-electron chi connectivity index (χ1n) is 9.56. The number of ether oxygens (including phenoxy) is 1. The normalized spacial score (nSPS) is 25.0. The predicted molar refractivity (Wildman–Crippen MR) is 98.6 cm³/mol.